The summed E-state index contributed by atoms with van der Waals surface area (Å²) in [4.78, 5) is 5.11. The van der Waals surface area contributed by atoms with Gasteiger partial charge in [0.1, 0.15) is 0 Å². The molecule has 0 spiro atoms. The number of anilines is 5. The zero-order valence-electron chi connectivity index (χ0n) is 27.9. The Labute approximate surface area is 278 Å². The number of nitrogens with zero attached hydrogens (tertiary/aromatic N) is 2. The van der Waals surface area contributed by atoms with Crippen LogP contribution in [0.1, 0.15) is 50.8 Å². The number of rotatable bonds is 3. The lowest BCUT2D eigenvalue weighted by molar-refractivity contribution is 0.339. The van der Waals surface area contributed by atoms with Crippen LogP contribution in [-0.2, 0) is 10.8 Å². The quantitative estimate of drug-likeness (QED) is 0.184. The van der Waals surface area contributed by atoms with Crippen LogP contribution in [-0.4, -0.2) is 0 Å². The highest BCUT2D eigenvalue weighted by atomic mass is 15.2. The molecule has 6 aromatic rings. The Morgan fingerprint density at radius 1 is 0.638 bits per heavy atom. The first-order chi connectivity index (χ1) is 22.8. The predicted molar refractivity (Wildman–Crippen MR) is 200 cm³/mol. The van der Waals surface area contributed by atoms with E-state index in [1.807, 2.05) is 0 Å². The van der Waals surface area contributed by atoms with Crippen molar-refractivity contribution in [3.05, 3.63) is 161 Å². The Kier molecular flexibility index (Phi) is 5.97. The zero-order chi connectivity index (χ0) is 32.1. The van der Waals surface area contributed by atoms with Crippen molar-refractivity contribution in [1.29, 1.82) is 0 Å². The number of fused-ring (bicyclic) bond motifs is 7. The molecule has 0 saturated carbocycles. The highest BCUT2D eigenvalue weighted by Gasteiger charge is 2.50. The predicted octanol–water partition coefficient (Wildman–Crippen LogP) is 12.3. The molecule has 0 radical (unpaired) electrons. The van der Waals surface area contributed by atoms with Crippen molar-refractivity contribution in [3.8, 4) is 0 Å². The van der Waals surface area contributed by atoms with Crippen LogP contribution in [0, 0.1) is 12.8 Å². The van der Waals surface area contributed by atoms with Gasteiger partial charge >= 0.3 is 0 Å². The van der Waals surface area contributed by atoms with Gasteiger partial charge in [-0.1, -0.05) is 125 Å². The molecule has 1 atom stereocenters. The van der Waals surface area contributed by atoms with Crippen molar-refractivity contribution in [3.63, 3.8) is 0 Å². The van der Waals surface area contributed by atoms with Crippen molar-refractivity contribution in [1.82, 2.24) is 0 Å². The second kappa shape index (κ2) is 9.96. The maximum Gasteiger partial charge on any atom is 0.0546 e. The molecular weight excluding hydrogens is 569 g/mol. The number of benzene rings is 6. The van der Waals surface area contributed by atoms with Gasteiger partial charge < -0.3 is 9.80 Å². The molecule has 230 valence electrons. The van der Waals surface area contributed by atoms with Crippen molar-refractivity contribution in [2.75, 3.05) is 9.80 Å². The normalized spacial score (nSPS) is 18.6. The van der Waals surface area contributed by atoms with Crippen molar-refractivity contribution >= 4 is 50.0 Å². The summed E-state index contributed by atoms with van der Waals surface area (Å²) in [5.41, 5.74) is 13.1. The van der Waals surface area contributed by atoms with Gasteiger partial charge in [0.2, 0.25) is 0 Å². The molecule has 0 bridgehead atoms. The van der Waals surface area contributed by atoms with E-state index in [0.29, 0.717) is 5.92 Å². The molecule has 47 heavy (non-hydrogen) atoms. The third-order valence-corrected chi connectivity index (χ3v) is 11.4. The molecule has 2 heteroatoms. The van der Waals surface area contributed by atoms with Gasteiger partial charge in [0.25, 0.3) is 0 Å². The lowest BCUT2D eigenvalue weighted by atomic mass is 9.60. The van der Waals surface area contributed by atoms with E-state index in [9.17, 15) is 0 Å². The molecule has 0 N–H and O–H groups in total. The van der Waals surface area contributed by atoms with E-state index in [1.165, 1.54) is 77.9 Å². The van der Waals surface area contributed by atoms with Gasteiger partial charge in [-0.05, 0) is 88.2 Å². The zero-order valence-corrected chi connectivity index (χ0v) is 27.9. The highest BCUT2D eigenvalue weighted by molar-refractivity contribution is 6.14. The summed E-state index contributed by atoms with van der Waals surface area (Å²) in [6, 6.07) is 45.2. The average Bonchev–Trinajstić information content (AvgIpc) is 3.09. The van der Waals surface area contributed by atoms with Gasteiger partial charge in [-0.15, -0.1) is 0 Å². The maximum atomic E-state index is 2.61. The van der Waals surface area contributed by atoms with Crippen LogP contribution in [0.3, 0.4) is 0 Å². The third-order valence-electron chi connectivity index (χ3n) is 11.4. The standard InChI is InChI=1S/C45H40N2/c1-29-15-6-12-23-39(29)46(42-27-30-16-7-8-17-32(30)33-18-9-10-19-34(33)42)31-25-26-41-38(28-31)45(4,5)37-22-14-21-36-43(37)47(41)40-24-13-11-20-35(40)44(36,2)3/h6-21,23-28,37H,22H2,1-5H3. The van der Waals surface area contributed by atoms with E-state index in [-0.39, 0.29) is 10.8 Å². The summed E-state index contributed by atoms with van der Waals surface area (Å²) in [5.74, 6) is 0.381. The number of aryl methyl sites for hydroxylation is 1. The monoisotopic (exact) mass is 608 g/mol. The Hall–Kier alpha value is -5.08. The minimum atomic E-state index is -0.0710. The third kappa shape index (κ3) is 3.91. The minimum absolute atomic E-state index is 0.0517. The maximum absolute atomic E-state index is 2.61. The first-order valence-corrected chi connectivity index (χ1v) is 17.0. The molecule has 3 aliphatic rings. The molecule has 9 rings (SSSR count). The van der Waals surface area contributed by atoms with Gasteiger partial charge in [0.15, 0.2) is 0 Å². The number of allylic oxidation sites excluding steroid dienone is 4. The van der Waals surface area contributed by atoms with Crippen molar-refractivity contribution < 1.29 is 0 Å². The van der Waals surface area contributed by atoms with Crippen molar-refractivity contribution in [2.45, 2.75) is 51.9 Å². The molecule has 1 unspecified atom stereocenters. The molecular formula is C45H40N2. The second-order valence-corrected chi connectivity index (χ2v) is 14.7. The number of hydrogen-bond donors (Lipinski definition) is 0. The van der Waals surface area contributed by atoms with E-state index in [0.717, 1.165) is 6.42 Å². The van der Waals surface area contributed by atoms with E-state index in [4.69, 9.17) is 0 Å². The lowest BCUT2D eigenvalue weighted by Gasteiger charge is -2.54. The fraction of sp³-hybridized carbons (Fsp3) is 0.200. The van der Waals surface area contributed by atoms with Gasteiger partial charge in [-0.3, -0.25) is 0 Å². The summed E-state index contributed by atoms with van der Waals surface area (Å²) in [6.07, 6.45) is 5.88. The smallest absolute Gasteiger partial charge is 0.0546 e. The summed E-state index contributed by atoms with van der Waals surface area (Å²) < 4.78 is 0. The topological polar surface area (TPSA) is 6.48 Å². The molecule has 6 aromatic carbocycles. The largest absolute Gasteiger partial charge is 0.313 e. The molecule has 0 amide bonds. The molecule has 0 aromatic heterocycles. The van der Waals surface area contributed by atoms with Crippen molar-refractivity contribution in [2.24, 2.45) is 5.92 Å². The summed E-state index contributed by atoms with van der Waals surface area (Å²) in [7, 11) is 0. The first kappa shape index (κ1) is 28.2. The van der Waals surface area contributed by atoms with Gasteiger partial charge in [-0.25, -0.2) is 0 Å². The number of hydrogen-bond acceptors (Lipinski definition) is 2. The summed E-state index contributed by atoms with van der Waals surface area (Å²) in [5, 5.41) is 5.07. The Morgan fingerprint density at radius 2 is 1.32 bits per heavy atom. The fourth-order valence-corrected chi connectivity index (χ4v) is 8.88. The van der Waals surface area contributed by atoms with Crippen LogP contribution in [0.4, 0.5) is 28.4 Å². The van der Waals surface area contributed by atoms with Crippen LogP contribution in [0.25, 0.3) is 21.5 Å². The Morgan fingerprint density at radius 3 is 2.15 bits per heavy atom. The molecule has 2 aliphatic heterocycles. The van der Waals surface area contributed by atoms with Crippen LogP contribution in [0.5, 0.6) is 0 Å². The Balaban J connectivity index is 1.33. The SMILES string of the molecule is Cc1ccccc1N(c1ccc2c(c1)C(C)(C)C1CC=CC3=C1N2c1ccccc1C3(C)C)c1cc2ccccc2c2ccccc12. The molecule has 2 heterocycles. The molecule has 1 aliphatic carbocycles. The summed E-state index contributed by atoms with van der Waals surface area (Å²) >= 11 is 0. The van der Waals surface area contributed by atoms with Crippen LogP contribution in [0.15, 0.2) is 145 Å². The van der Waals surface area contributed by atoms with E-state index in [1.54, 1.807) is 0 Å². The van der Waals surface area contributed by atoms with Crippen LogP contribution >= 0.6 is 0 Å². The molecule has 0 fully saturated rings. The fourth-order valence-electron chi connectivity index (χ4n) is 8.88. The van der Waals surface area contributed by atoms with E-state index < -0.39 is 0 Å². The minimum Gasteiger partial charge on any atom is -0.313 e. The summed E-state index contributed by atoms with van der Waals surface area (Å²) in [6.45, 7) is 12.0. The van der Waals surface area contributed by atoms with Gasteiger partial charge in [0, 0.05) is 50.6 Å². The Bertz CT molecular complexity index is 2320. The lowest BCUT2D eigenvalue weighted by Crippen LogP contribution is -2.47. The molecule has 0 saturated heterocycles. The average molecular weight is 609 g/mol. The van der Waals surface area contributed by atoms with E-state index >= 15 is 0 Å². The van der Waals surface area contributed by atoms with Gasteiger partial charge in [0.05, 0.1) is 5.69 Å². The highest BCUT2D eigenvalue weighted by Crippen LogP contribution is 2.60. The number of para-hydroxylation sites is 2. The first-order valence-electron chi connectivity index (χ1n) is 17.0. The second-order valence-electron chi connectivity index (χ2n) is 14.7. The van der Waals surface area contributed by atoms with E-state index in [2.05, 4.69) is 178 Å². The van der Waals surface area contributed by atoms with Crippen LogP contribution in [0.2, 0.25) is 0 Å². The van der Waals surface area contributed by atoms with Gasteiger partial charge in [-0.2, -0.15) is 0 Å². The molecule has 2 nitrogen and oxygen atoms in total. The van der Waals surface area contributed by atoms with Crippen LogP contribution < -0.4 is 9.80 Å².